The quantitative estimate of drug-likeness (QED) is 0.589. The number of hydrogen-bond acceptors (Lipinski definition) is 4. The molecule has 0 aliphatic rings. The summed E-state index contributed by atoms with van der Waals surface area (Å²) in [5, 5.41) is 2.56. The number of ketones is 1. The summed E-state index contributed by atoms with van der Waals surface area (Å²) in [5.41, 5.74) is 6.99. The zero-order valence-corrected chi connectivity index (χ0v) is 14.3. The van der Waals surface area contributed by atoms with E-state index in [-0.39, 0.29) is 5.78 Å². The highest BCUT2D eigenvalue weighted by Crippen LogP contribution is 2.13. The van der Waals surface area contributed by atoms with Gasteiger partial charge in [0.1, 0.15) is 0 Å². The lowest BCUT2D eigenvalue weighted by Crippen LogP contribution is -2.43. The van der Waals surface area contributed by atoms with E-state index in [0.29, 0.717) is 16.8 Å². The Morgan fingerprint density at radius 2 is 1.56 bits per heavy atom. The smallest absolute Gasteiger partial charge is 0.337 e. The van der Waals surface area contributed by atoms with Gasteiger partial charge < -0.3 is 10.2 Å². The van der Waals surface area contributed by atoms with Gasteiger partial charge in [0.2, 0.25) is 0 Å². The molecule has 3 N–H and O–H groups in total. The van der Waals surface area contributed by atoms with Crippen LogP contribution < -0.4 is 21.1 Å². The molecular formula is C18H20N4O3. The van der Waals surface area contributed by atoms with Gasteiger partial charge >= 0.3 is 6.03 Å². The summed E-state index contributed by atoms with van der Waals surface area (Å²) in [6.45, 7) is 1.47. The summed E-state index contributed by atoms with van der Waals surface area (Å²) in [6, 6.07) is 12.9. The highest BCUT2D eigenvalue weighted by Gasteiger charge is 2.09. The van der Waals surface area contributed by atoms with Gasteiger partial charge in [-0.2, -0.15) is 0 Å². The van der Waals surface area contributed by atoms with Gasteiger partial charge in [0.25, 0.3) is 5.91 Å². The third-order valence-corrected chi connectivity index (χ3v) is 3.46. The molecule has 0 aromatic heterocycles. The third-order valence-electron chi connectivity index (χ3n) is 3.46. The molecule has 3 amide bonds. The number of nitrogens with zero attached hydrogens (tertiary/aromatic N) is 1. The molecule has 7 nitrogen and oxygen atoms in total. The summed E-state index contributed by atoms with van der Waals surface area (Å²) < 4.78 is 0. The van der Waals surface area contributed by atoms with Crippen LogP contribution in [0.4, 0.5) is 16.2 Å². The van der Waals surface area contributed by atoms with Crippen LogP contribution in [0.15, 0.2) is 48.5 Å². The van der Waals surface area contributed by atoms with Gasteiger partial charge in [0, 0.05) is 36.6 Å². The fourth-order valence-electron chi connectivity index (χ4n) is 2.06. The number of hydrogen-bond donors (Lipinski definition) is 3. The summed E-state index contributed by atoms with van der Waals surface area (Å²) in [5.74, 6) is -0.478. The maximum Gasteiger partial charge on any atom is 0.337 e. The number of Topliss-reactive ketones (excluding diaryl/α,β-unsaturated/α-hetero) is 1. The first-order valence-electron chi connectivity index (χ1n) is 7.62. The first kappa shape index (κ1) is 18.0. The minimum absolute atomic E-state index is 0.0526. The van der Waals surface area contributed by atoms with Crippen LogP contribution in [-0.4, -0.2) is 31.8 Å². The van der Waals surface area contributed by atoms with Gasteiger partial charge in [-0.05, 0) is 49.4 Å². The molecule has 0 fully saturated rings. The molecule has 130 valence electrons. The summed E-state index contributed by atoms with van der Waals surface area (Å²) >= 11 is 0. The molecule has 0 saturated heterocycles. The number of nitrogens with one attached hydrogen (secondary N) is 3. The van der Waals surface area contributed by atoms with Crippen molar-refractivity contribution in [1.82, 2.24) is 10.9 Å². The molecule has 0 atom stereocenters. The monoisotopic (exact) mass is 340 g/mol. The number of urea groups is 1. The Morgan fingerprint density at radius 1 is 0.880 bits per heavy atom. The van der Waals surface area contributed by atoms with Crippen molar-refractivity contribution in [1.29, 1.82) is 0 Å². The van der Waals surface area contributed by atoms with Crippen LogP contribution in [0.3, 0.4) is 0 Å². The van der Waals surface area contributed by atoms with E-state index in [1.807, 2.05) is 25.1 Å². The van der Waals surface area contributed by atoms with Gasteiger partial charge in [-0.25, -0.2) is 10.2 Å². The van der Waals surface area contributed by atoms with Crippen molar-refractivity contribution in [3.05, 3.63) is 59.7 Å². The number of rotatable bonds is 4. The zero-order valence-electron chi connectivity index (χ0n) is 14.3. The summed E-state index contributed by atoms with van der Waals surface area (Å²) in [4.78, 5) is 37.0. The Bertz CT molecular complexity index is 785. The van der Waals surface area contributed by atoms with Crippen LogP contribution in [0, 0.1) is 0 Å². The molecule has 0 aliphatic heterocycles. The molecule has 25 heavy (non-hydrogen) atoms. The van der Waals surface area contributed by atoms with E-state index >= 15 is 0 Å². The number of benzene rings is 2. The van der Waals surface area contributed by atoms with E-state index in [1.54, 1.807) is 42.5 Å². The minimum atomic E-state index is -0.590. The van der Waals surface area contributed by atoms with E-state index in [0.717, 1.165) is 5.69 Å². The molecule has 0 aliphatic carbocycles. The Labute approximate surface area is 146 Å². The maximum atomic E-state index is 12.1. The number of hydrazine groups is 1. The summed E-state index contributed by atoms with van der Waals surface area (Å²) in [7, 11) is 3.75. The molecule has 0 bridgehead atoms. The first-order valence-corrected chi connectivity index (χ1v) is 7.62. The zero-order chi connectivity index (χ0) is 18.4. The average Bonchev–Trinajstić information content (AvgIpc) is 2.60. The van der Waals surface area contributed by atoms with Crippen LogP contribution in [0.5, 0.6) is 0 Å². The Hall–Kier alpha value is -3.35. The third kappa shape index (κ3) is 5.07. The SMILES string of the molecule is CC(=O)c1ccc(NC(=O)NNC(=O)c2cccc(N(C)C)c2)cc1. The Balaban J connectivity index is 1.90. The topological polar surface area (TPSA) is 90.5 Å². The molecule has 2 aromatic carbocycles. The normalized spacial score (nSPS) is 9.88. The number of carbonyl (C=O) groups excluding carboxylic acids is 3. The lowest BCUT2D eigenvalue weighted by Gasteiger charge is -2.14. The summed E-state index contributed by atoms with van der Waals surface area (Å²) in [6.07, 6.45) is 0. The predicted molar refractivity (Wildman–Crippen MR) is 96.8 cm³/mol. The second-order valence-electron chi connectivity index (χ2n) is 5.61. The fourth-order valence-corrected chi connectivity index (χ4v) is 2.06. The van der Waals surface area contributed by atoms with Crippen LogP contribution in [0.2, 0.25) is 0 Å². The minimum Gasteiger partial charge on any atom is -0.378 e. The second-order valence-corrected chi connectivity index (χ2v) is 5.61. The molecule has 0 unspecified atom stereocenters. The van der Waals surface area contributed by atoms with Crippen molar-refractivity contribution < 1.29 is 14.4 Å². The molecular weight excluding hydrogens is 320 g/mol. The van der Waals surface area contributed by atoms with E-state index in [1.165, 1.54) is 6.92 Å². The van der Waals surface area contributed by atoms with Crippen LogP contribution in [-0.2, 0) is 0 Å². The molecule has 7 heteroatoms. The first-order chi connectivity index (χ1) is 11.9. The van der Waals surface area contributed by atoms with Gasteiger partial charge in [-0.15, -0.1) is 0 Å². The fraction of sp³-hybridized carbons (Fsp3) is 0.167. The molecule has 0 radical (unpaired) electrons. The van der Waals surface area contributed by atoms with E-state index in [2.05, 4.69) is 16.2 Å². The lowest BCUT2D eigenvalue weighted by molar-refractivity contribution is 0.0937. The second kappa shape index (κ2) is 7.96. The van der Waals surface area contributed by atoms with Crippen molar-refractivity contribution in [2.75, 3.05) is 24.3 Å². The molecule has 0 heterocycles. The van der Waals surface area contributed by atoms with Crippen molar-refractivity contribution in [3.8, 4) is 0 Å². The van der Waals surface area contributed by atoms with Crippen LogP contribution in [0.1, 0.15) is 27.6 Å². The predicted octanol–water partition coefficient (Wildman–Crippen LogP) is 2.42. The van der Waals surface area contributed by atoms with Gasteiger partial charge in [-0.3, -0.25) is 15.0 Å². The highest BCUT2D eigenvalue weighted by atomic mass is 16.2. The van der Waals surface area contributed by atoms with E-state index in [9.17, 15) is 14.4 Å². The number of anilines is 2. The maximum absolute atomic E-state index is 12.1. The number of amides is 3. The average molecular weight is 340 g/mol. The van der Waals surface area contributed by atoms with E-state index in [4.69, 9.17) is 0 Å². The standard InChI is InChI=1S/C18H20N4O3/c1-12(23)13-7-9-15(10-8-13)19-18(25)21-20-17(24)14-5-4-6-16(11-14)22(2)3/h4-11H,1-3H3,(H,20,24)(H2,19,21,25). The lowest BCUT2D eigenvalue weighted by atomic mass is 10.1. The van der Waals surface area contributed by atoms with Crippen molar-refractivity contribution >= 4 is 29.1 Å². The van der Waals surface area contributed by atoms with Crippen molar-refractivity contribution in [2.24, 2.45) is 0 Å². The van der Waals surface area contributed by atoms with Gasteiger partial charge in [0.15, 0.2) is 5.78 Å². The molecule has 2 aromatic rings. The van der Waals surface area contributed by atoms with Crippen molar-refractivity contribution in [2.45, 2.75) is 6.92 Å². The number of carbonyl (C=O) groups is 3. The molecule has 0 spiro atoms. The van der Waals surface area contributed by atoms with E-state index < -0.39 is 11.9 Å². The van der Waals surface area contributed by atoms with Crippen molar-refractivity contribution in [3.63, 3.8) is 0 Å². The molecule has 0 saturated carbocycles. The highest BCUT2D eigenvalue weighted by molar-refractivity contribution is 5.98. The van der Waals surface area contributed by atoms with Gasteiger partial charge in [-0.1, -0.05) is 6.07 Å². The Kier molecular flexibility index (Phi) is 5.73. The van der Waals surface area contributed by atoms with Crippen LogP contribution in [0.25, 0.3) is 0 Å². The largest absolute Gasteiger partial charge is 0.378 e. The van der Waals surface area contributed by atoms with Gasteiger partial charge in [0.05, 0.1) is 0 Å². The molecule has 2 rings (SSSR count). The Morgan fingerprint density at radius 3 is 2.16 bits per heavy atom. The van der Waals surface area contributed by atoms with Crippen LogP contribution >= 0.6 is 0 Å².